The van der Waals surface area contributed by atoms with E-state index >= 15 is 0 Å². The molecule has 2 aromatic heterocycles. The average Bonchev–Trinajstić information content (AvgIpc) is 3.45. The van der Waals surface area contributed by atoms with Crippen LogP contribution in [0.3, 0.4) is 0 Å². The summed E-state index contributed by atoms with van der Waals surface area (Å²) in [5.41, 5.74) is 9.56. The summed E-state index contributed by atoms with van der Waals surface area (Å²) in [6.45, 7) is 2.76. The van der Waals surface area contributed by atoms with Crippen molar-refractivity contribution in [3.05, 3.63) is 84.1 Å². The fourth-order valence-corrected chi connectivity index (χ4v) is 4.28. The van der Waals surface area contributed by atoms with Crippen molar-refractivity contribution in [1.29, 1.82) is 0 Å². The molecule has 35 heavy (non-hydrogen) atoms. The number of primary amides is 1. The number of nitrogens with one attached hydrogen (secondary N) is 1. The van der Waals surface area contributed by atoms with Crippen LogP contribution in [0.25, 0.3) is 10.9 Å². The molecular formula is C27H31N5O3. The summed E-state index contributed by atoms with van der Waals surface area (Å²) in [7, 11) is 0. The number of nitrogens with two attached hydrogens (primary N) is 1. The van der Waals surface area contributed by atoms with Gasteiger partial charge in [-0.3, -0.25) is 9.59 Å². The number of hydrogen-bond donors (Lipinski definition) is 3. The number of nitrogens with zero attached hydrogens (tertiary/aromatic N) is 3. The molecule has 0 saturated carbocycles. The first kappa shape index (κ1) is 24.2. The maximum absolute atomic E-state index is 12.5. The molecule has 1 unspecified atom stereocenters. The lowest BCUT2D eigenvalue weighted by Crippen LogP contribution is -2.12. The molecule has 4 N–H and O–H groups in total. The van der Waals surface area contributed by atoms with Crippen molar-refractivity contribution < 1.29 is 14.7 Å². The second-order valence-electron chi connectivity index (χ2n) is 8.82. The molecule has 4 aromatic rings. The number of aliphatic hydroxyl groups is 1. The predicted molar refractivity (Wildman–Crippen MR) is 136 cm³/mol. The number of aromatic nitrogens is 3. The minimum atomic E-state index is -0.788. The van der Waals surface area contributed by atoms with Crippen LogP contribution in [-0.4, -0.2) is 31.0 Å². The van der Waals surface area contributed by atoms with Crippen molar-refractivity contribution >= 4 is 28.4 Å². The van der Waals surface area contributed by atoms with E-state index in [0.29, 0.717) is 25.8 Å². The van der Waals surface area contributed by atoms with Gasteiger partial charge in [-0.25, -0.2) is 4.98 Å². The van der Waals surface area contributed by atoms with E-state index in [-0.39, 0.29) is 11.6 Å². The standard InChI is InChI=1S/C27H31N5O3/c1-19-16-31(14-6-11-26(34)32-17-23(27(28)35)29-18-32)24-15-21(12-13-22(19)24)30-25(33)10-5-9-20-7-3-2-4-8-20/h2-4,7-8,12-13,15-18,26,34H,5-6,9-11,14H2,1H3,(H2,28,35)(H,30,33). The Balaban J connectivity index is 1.33. The topological polar surface area (TPSA) is 115 Å². The van der Waals surface area contributed by atoms with Gasteiger partial charge in [0.25, 0.3) is 5.91 Å². The lowest BCUT2D eigenvalue weighted by molar-refractivity contribution is -0.116. The quantitative estimate of drug-likeness (QED) is 0.303. The molecule has 182 valence electrons. The van der Waals surface area contributed by atoms with E-state index in [4.69, 9.17) is 5.73 Å². The Bertz CT molecular complexity index is 1310. The fraction of sp³-hybridized carbons (Fsp3) is 0.296. The molecule has 1 atom stereocenters. The number of anilines is 1. The summed E-state index contributed by atoms with van der Waals surface area (Å²) in [5, 5.41) is 14.6. The number of rotatable bonds is 11. The van der Waals surface area contributed by atoms with Crippen molar-refractivity contribution in [1.82, 2.24) is 14.1 Å². The minimum absolute atomic E-state index is 0.00823. The van der Waals surface area contributed by atoms with Crippen molar-refractivity contribution in [3.63, 3.8) is 0 Å². The number of aliphatic hydroxyl groups excluding tert-OH is 1. The van der Waals surface area contributed by atoms with Gasteiger partial charge in [-0.1, -0.05) is 36.4 Å². The molecule has 0 aliphatic heterocycles. The Labute approximate surface area is 204 Å². The molecule has 0 aliphatic rings. The fourth-order valence-electron chi connectivity index (χ4n) is 4.28. The second kappa shape index (κ2) is 11.0. The number of carbonyl (C=O) groups excluding carboxylic acids is 2. The zero-order valence-electron chi connectivity index (χ0n) is 19.9. The molecule has 0 aliphatic carbocycles. The van der Waals surface area contributed by atoms with Crippen LogP contribution in [0.5, 0.6) is 0 Å². The van der Waals surface area contributed by atoms with Crippen molar-refractivity contribution in [3.8, 4) is 0 Å². The van der Waals surface area contributed by atoms with Gasteiger partial charge in [0.15, 0.2) is 0 Å². The van der Waals surface area contributed by atoms with Crippen LogP contribution in [0.15, 0.2) is 67.3 Å². The number of carbonyl (C=O) groups is 2. The van der Waals surface area contributed by atoms with Crippen LogP contribution < -0.4 is 11.1 Å². The lowest BCUT2D eigenvalue weighted by Gasteiger charge is -2.13. The summed E-state index contributed by atoms with van der Waals surface area (Å²) < 4.78 is 3.63. The maximum Gasteiger partial charge on any atom is 0.268 e. The van der Waals surface area contributed by atoms with Gasteiger partial charge >= 0.3 is 0 Å². The summed E-state index contributed by atoms with van der Waals surface area (Å²) >= 11 is 0. The number of benzene rings is 2. The van der Waals surface area contributed by atoms with E-state index in [9.17, 15) is 14.7 Å². The van der Waals surface area contributed by atoms with Crippen LogP contribution in [0.1, 0.15) is 53.5 Å². The van der Waals surface area contributed by atoms with Gasteiger partial charge in [0.2, 0.25) is 5.91 Å². The molecule has 2 amide bonds. The third-order valence-corrected chi connectivity index (χ3v) is 6.14. The highest BCUT2D eigenvalue weighted by molar-refractivity contribution is 5.94. The normalized spacial score (nSPS) is 12.1. The van der Waals surface area contributed by atoms with Crippen molar-refractivity contribution in [2.45, 2.75) is 51.8 Å². The van der Waals surface area contributed by atoms with Crippen LogP contribution in [-0.2, 0) is 17.8 Å². The van der Waals surface area contributed by atoms with E-state index in [1.807, 2.05) is 36.4 Å². The van der Waals surface area contributed by atoms with E-state index in [2.05, 4.69) is 40.1 Å². The Kier molecular flexibility index (Phi) is 7.62. The largest absolute Gasteiger partial charge is 0.373 e. The Morgan fingerprint density at radius 3 is 2.66 bits per heavy atom. The second-order valence-corrected chi connectivity index (χ2v) is 8.82. The van der Waals surface area contributed by atoms with Crippen LogP contribution in [0.4, 0.5) is 5.69 Å². The van der Waals surface area contributed by atoms with Gasteiger partial charge in [0, 0.05) is 36.4 Å². The van der Waals surface area contributed by atoms with Gasteiger partial charge in [-0.2, -0.15) is 0 Å². The van der Waals surface area contributed by atoms with Crippen LogP contribution >= 0.6 is 0 Å². The summed E-state index contributed by atoms with van der Waals surface area (Å²) in [6, 6.07) is 16.2. The summed E-state index contributed by atoms with van der Waals surface area (Å²) in [6.07, 6.45) is 7.52. The van der Waals surface area contributed by atoms with Gasteiger partial charge in [0.1, 0.15) is 11.9 Å². The molecule has 2 heterocycles. The van der Waals surface area contributed by atoms with Gasteiger partial charge < -0.3 is 25.3 Å². The Morgan fingerprint density at radius 2 is 1.91 bits per heavy atom. The first-order valence-electron chi connectivity index (χ1n) is 11.9. The molecule has 0 fully saturated rings. The average molecular weight is 474 g/mol. The Morgan fingerprint density at radius 1 is 1.11 bits per heavy atom. The SMILES string of the molecule is Cc1cn(CCCC(O)n2cnc(C(N)=O)c2)c2cc(NC(=O)CCCc3ccccc3)ccc12. The van der Waals surface area contributed by atoms with Crippen LogP contribution in [0, 0.1) is 6.92 Å². The first-order chi connectivity index (χ1) is 16.9. The van der Waals surface area contributed by atoms with E-state index in [0.717, 1.165) is 35.0 Å². The molecule has 0 bridgehead atoms. The lowest BCUT2D eigenvalue weighted by atomic mass is 10.1. The van der Waals surface area contributed by atoms with Crippen LogP contribution in [0.2, 0.25) is 0 Å². The monoisotopic (exact) mass is 473 g/mol. The van der Waals surface area contributed by atoms with Gasteiger partial charge in [-0.15, -0.1) is 0 Å². The third-order valence-electron chi connectivity index (χ3n) is 6.14. The van der Waals surface area contributed by atoms with E-state index in [1.54, 1.807) is 0 Å². The highest BCUT2D eigenvalue weighted by Crippen LogP contribution is 2.25. The number of aryl methyl sites for hydroxylation is 3. The molecule has 2 aromatic carbocycles. The number of fused-ring (bicyclic) bond motifs is 1. The number of imidazole rings is 1. The molecule has 8 nitrogen and oxygen atoms in total. The zero-order valence-corrected chi connectivity index (χ0v) is 19.9. The maximum atomic E-state index is 12.5. The zero-order chi connectivity index (χ0) is 24.8. The molecule has 0 spiro atoms. The summed E-state index contributed by atoms with van der Waals surface area (Å²) in [5.74, 6) is -0.613. The first-order valence-corrected chi connectivity index (χ1v) is 11.9. The third kappa shape index (κ3) is 6.16. The van der Waals surface area contributed by atoms with Gasteiger partial charge in [-0.05, 0) is 55.9 Å². The number of hydrogen-bond acceptors (Lipinski definition) is 4. The minimum Gasteiger partial charge on any atom is -0.373 e. The molecular weight excluding hydrogens is 442 g/mol. The molecule has 0 saturated heterocycles. The molecule has 0 radical (unpaired) electrons. The Hall–Kier alpha value is -3.91. The predicted octanol–water partition coefficient (Wildman–Crippen LogP) is 4.18. The van der Waals surface area contributed by atoms with Crippen molar-refractivity contribution in [2.75, 3.05) is 5.32 Å². The van der Waals surface area contributed by atoms with E-state index in [1.165, 1.54) is 22.7 Å². The number of amides is 2. The molecule has 8 heteroatoms. The smallest absolute Gasteiger partial charge is 0.268 e. The highest BCUT2D eigenvalue weighted by atomic mass is 16.3. The van der Waals surface area contributed by atoms with E-state index < -0.39 is 12.1 Å². The highest BCUT2D eigenvalue weighted by Gasteiger charge is 2.12. The summed E-state index contributed by atoms with van der Waals surface area (Å²) in [4.78, 5) is 27.6. The van der Waals surface area contributed by atoms with Gasteiger partial charge in [0.05, 0.1) is 11.8 Å². The van der Waals surface area contributed by atoms with Crippen molar-refractivity contribution in [2.24, 2.45) is 5.73 Å². The molecule has 4 rings (SSSR count).